The molecule has 2 aliphatic carbocycles. The van der Waals surface area contributed by atoms with Crippen molar-refractivity contribution in [1.82, 2.24) is 14.5 Å². The van der Waals surface area contributed by atoms with E-state index in [1.807, 2.05) is 4.90 Å². The van der Waals surface area contributed by atoms with Gasteiger partial charge < -0.3 is 14.6 Å². The number of likely N-dealkylation sites (tertiary alicyclic amines) is 1. The normalized spacial score (nSPS) is 22.9. The van der Waals surface area contributed by atoms with Crippen molar-refractivity contribution in [2.24, 2.45) is 11.8 Å². The monoisotopic (exact) mass is 675 g/mol. The highest BCUT2D eigenvalue weighted by Gasteiger charge is 2.41. The molecule has 0 radical (unpaired) electrons. The second kappa shape index (κ2) is 12.4. The van der Waals surface area contributed by atoms with Crippen molar-refractivity contribution in [2.45, 2.75) is 77.0 Å². The lowest BCUT2D eigenvalue weighted by Gasteiger charge is -2.40. The molecule has 2 aromatic carbocycles. The zero-order valence-corrected chi connectivity index (χ0v) is 29.7. The highest BCUT2D eigenvalue weighted by Crippen LogP contribution is 2.46. The van der Waals surface area contributed by atoms with Gasteiger partial charge in [0, 0.05) is 68.7 Å². The molecule has 3 amide bonds. The van der Waals surface area contributed by atoms with Gasteiger partial charge in [0.15, 0.2) is 0 Å². The molecule has 0 bridgehead atoms. The molecule has 1 unspecified atom stereocenters. The van der Waals surface area contributed by atoms with Crippen LogP contribution in [0, 0.1) is 11.8 Å². The van der Waals surface area contributed by atoms with Gasteiger partial charge in [0.05, 0.1) is 11.8 Å². The molecular formula is C41H47N4O5+. The number of imide groups is 1. The predicted molar refractivity (Wildman–Crippen MR) is 191 cm³/mol. The fourth-order valence-corrected chi connectivity index (χ4v) is 9.18. The zero-order valence-electron chi connectivity index (χ0n) is 29.7. The summed E-state index contributed by atoms with van der Waals surface area (Å²) in [7, 11) is 4.39. The minimum absolute atomic E-state index is 0.0647. The number of benzene rings is 2. The first kappa shape index (κ1) is 32.7. The van der Waals surface area contributed by atoms with Crippen LogP contribution in [0.3, 0.4) is 0 Å². The number of hydrogen-bond donors (Lipinski definition) is 0. The van der Waals surface area contributed by atoms with Crippen LogP contribution in [-0.2, 0) is 42.3 Å². The summed E-state index contributed by atoms with van der Waals surface area (Å²) in [6.45, 7) is 7.65. The van der Waals surface area contributed by atoms with Gasteiger partial charge in [0.1, 0.15) is 13.6 Å². The van der Waals surface area contributed by atoms with Gasteiger partial charge in [-0.15, -0.1) is 5.06 Å². The van der Waals surface area contributed by atoms with Crippen molar-refractivity contribution in [1.29, 1.82) is 0 Å². The van der Waals surface area contributed by atoms with Gasteiger partial charge in [0.2, 0.25) is 11.3 Å². The molecule has 9 heteroatoms. The number of piperidine rings is 1. The average Bonchev–Trinajstić information content (AvgIpc) is 3.43. The Morgan fingerprint density at radius 3 is 2.40 bits per heavy atom. The first-order valence-corrected chi connectivity index (χ1v) is 18.4. The topological polar surface area (TPSA) is 90.2 Å². The molecule has 50 heavy (non-hydrogen) atoms. The van der Waals surface area contributed by atoms with Gasteiger partial charge >= 0.3 is 5.97 Å². The van der Waals surface area contributed by atoms with Crippen molar-refractivity contribution in [3.05, 3.63) is 86.5 Å². The first-order chi connectivity index (χ1) is 24.0. The summed E-state index contributed by atoms with van der Waals surface area (Å²) in [4.78, 5) is 61.0. The van der Waals surface area contributed by atoms with Gasteiger partial charge in [0.25, 0.3) is 11.8 Å². The van der Waals surface area contributed by atoms with E-state index in [1.165, 1.54) is 49.7 Å². The quantitative estimate of drug-likeness (QED) is 0.365. The molecule has 0 saturated carbocycles. The fraction of sp³-hybridized carbons (Fsp3) is 0.488. The summed E-state index contributed by atoms with van der Waals surface area (Å²) in [5.41, 5.74) is 9.92. The summed E-state index contributed by atoms with van der Waals surface area (Å²) in [5, 5.41) is 3.17. The standard InChI is InChI=1S/C41H47N4O5/c1-41(2)32-23-34-26(9-7-17-42(34)3)21-30(32)38(31-22-27-10-8-18-43(4)35(27)24-33(31)41)28-11-5-6-12-29(28)39(48)44-19-15-25(16-20-44)40(49)50-45-36(46)13-14-37(45)47/h5-6,11,21-25,29H,7-10,12-20H2,1-4H3/q+1. The lowest BCUT2D eigenvalue weighted by Crippen LogP contribution is -2.46. The number of anilines is 1. The van der Waals surface area contributed by atoms with E-state index in [0.29, 0.717) is 37.4 Å². The van der Waals surface area contributed by atoms with E-state index < -0.39 is 23.7 Å². The largest absolute Gasteiger partial charge is 0.374 e. The molecule has 260 valence electrons. The van der Waals surface area contributed by atoms with Crippen LogP contribution in [0.5, 0.6) is 0 Å². The molecule has 0 aromatic heterocycles. The Morgan fingerprint density at radius 1 is 0.900 bits per heavy atom. The molecule has 0 spiro atoms. The maximum absolute atomic E-state index is 14.6. The minimum atomic E-state index is -0.571. The summed E-state index contributed by atoms with van der Waals surface area (Å²) >= 11 is 0. The van der Waals surface area contributed by atoms with E-state index in [4.69, 9.17) is 4.84 Å². The van der Waals surface area contributed by atoms with E-state index in [-0.39, 0.29) is 30.1 Å². The minimum Gasteiger partial charge on any atom is -0.374 e. The summed E-state index contributed by atoms with van der Waals surface area (Å²) in [5.74, 6) is -2.27. The molecule has 8 rings (SSSR count). The third kappa shape index (κ3) is 5.31. The molecule has 9 nitrogen and oxygen atoms in total. The Hall–Kier alpha value is -4.53. The van der Waals surface area contributed by atoms with Crippen molar-refractivity contribution < 1.29 is 24.0 Å². The van der Waals surface area contributed by atoms with Crippen LogP contribution in [0.1, 0.15) is 86.6 Å². The number of rotatable bonds is 4. The second-order valence-electron chi connectivity index (χ2n) is 15.5. The van der Waals surface area contributed by atoms with Crippen LogP contribution in [0.15, 0.2) is 48.1 Å². The van der Waals surface area contributed by atoms with Gasteiger partial charge in [-0.3, -0.25) is 14.4 Å². The number of carbonyl (C=O) groups excluding carboxylic acids is 4. The predicted octanol–water partition coefficient (Wildman–Crippen LogP) is 3.32. The number of allylic oxidation sites excluding steroid dienone is 3. The van der Waals surface area contributed by atoms with E-state index >= 15 is 0 Å². The number of amides is 3. The summed E-state index contributed by atoms with van der Waals surface area (Å²) in [6, 6.07) is 9.72. The second-order valence-corrected chi connectivity index (χ2v) is 15.5. The number of fused-ring (bicyclic) bond motifs is 4. The van der Waals surface area contributed by atoms with Crippen LogP contribution < -0.4 is 20.1 Å². The Bertz CT molecular complexity index is 2020. The third-order valence-electron chi connectivity index (χ3n) is 12.1. The van der Waals surface area contributed by atoms with E-state index in [0.717, 1.165) is 44.3 Å². The Kier molecular flexibility index (Phi) is 8.07. The maximum Gasteiger partial charge on any atom is 0.336 e. The highest BCUT2D eigenvalue weighted by molar-refractivity contribution is 6.01. The lowest BCUT2D eigenvalue weighted by atomic mass is 9.66. The molecule has 1 atom stereocenters. The molecule has 4 heterocycles. The molecule has 6 aliphatic rings. The Balaban J connectivity index is 1.17. The molecule has 2 fully saturated rings. The van der Waals surface area contributed by atoms with Crippen LogP contribution in [0.2, 0.25) is 0 Å². The number of carbonyl (C=O) groups is 4. The number of hydrogen-bond acceptors (Lipinski definition) is 6. The smallest absolute Gasteiger partial charge is 0.336 e. The average molecular weight is 676 g/mol. The fourth-order valence-electron chi connectivity index (χ4n) is 9.18. The molecule has 2 saturated heterocycles. The SMILES string of the molecule is CN1CCCc2cc3c(cc21)C(C)(C)c1cc2c(cc1=C3C1=CC=CCC1C(=O)N1CCC(C(=O)ON3C(=O)CCC3=O)CC1)CCC[N+]=2C. The van der Waals surface area contributed by atoms with Crippen molar-refractivity contribution in [2.75, 3.05) is 45.2 Å². The van der Waals surface area contributed by atoms with Gasteiger partial charge in [-0.1, -0.05) is 32.1 Å². The molecular weight excluding hydrogens is 628 g/mol. The number of aryl methyl sites for hydroxylation is 2. The van der Waals surface area contributed by atoms with Crippen molar-refractivity contribution in [3.8, 4) is 0 Å². The summed E-state index contributed by atoms with van der Waals surface area (Å²) in [6.07, 6.45) is 12.3. The molecule has 0 N–H and O–H groups in total. The zero-order chi connectivity index (χ0) is 34.9. The Morgan fingerprint density at radius 2 is 1.64 bits per heavy atom. The maximum atomic E-state index is 14.6. The van der Waals surface area contributed by atoms with Crippen LogP contribution >= 0.6 is 0 Å². The van der Waals surface area contributed by atoms with Crippen molar-refractivity contribution >= 4 is 35.0 Å². The molecule has 4 aliphatic heterocycles. The van der Waals surface area contributed by atoms with E-state index in [9.17, 15) is 19.2 Å². The van der Waals surface area contributed by atoms with Crippen LogP contribution in [-0.4, -0.2) is 73.9 Å². The first-order valence-electron chi connectivity index (χ1n) is 18.4. The number of nitrogens with zero attached hydrogens (tertiary/aromatic N) is 4. The van der Waals surface area contributed by atoms with Crippen LogP contribution in [0.4, 0.5) is 5.69 Å². The van der Waals surface area contributed by atoms with Crippen molar-refractivity contribution in [3.63, 3.8) is 0 Å². The third-order valence-corrected chi connectivity index (χ3v) is 12.1. The van der Waals surface area contributed by atoms with Crippen LogP contribution in [0.25, 0.3) is 5.57 Å². The van der Waals surface area contributed by atoms with Gasteiger partial charge in [-0.25, -0.2) is 9.37 Å². The highest BCUT2D eigenvalue weighted by atomic mass is 16.7. The van der Waals surface area contributed by atoms with E-state index in [2.05, 4.69) is 79.9 Å². The lowest BCUT2D eigenvalue weighted by molar-refractivity contribution is -0.201. The van der Waals surface area contributed by atoms with E-state index in [1.54, 1.807) is 0 Å². The molecule has 2 aromatic rings. The van der Waals surface area contributed by atoms with Gasteiger partial charge in [-0.2, -0.15) is 0 Å². The summed E-state index contributed by atoms with van der Waals surface area (Å²) < 4.78 is 2.39. The number of hydroxylamine groups is 2. The van der Waals surface area contributed by atoms with Gasteiger partial charge in [-0.05, 0) is 95.3 Å². The Labute approximate surface area is 293 Å².